The molecule has 0 spiro atoms. The molecule has 3 N–H and O–H groups in total. The maximum Gasteiger partial charge on any atom is 0.256 e. The van der Waals surface area contributed by atoms with Gasteiger partial charge in [-0.05, 0) is 73.2 Å². The van der Waals surface area contributed by atoms with Crippen molar-refractivity contribution in [3.05, 3.63) is 71.4 Å². The van der Waals surface area contributed by atoms with Crippen LogP contribution in [0.5, 0.6) is 0 Å². The first kappa shape index (κ1) is 29.6. The Bertz CT molecular complexity index is 1590. The summed E-state index contributed by atoms with van der Waals surface area (Å²) >= 11 is 0. The second-order valence-electron chi connectivity index (χ2n) is 10.9. The molecule has 3 aromatic rings. The molecular weight excluding hydrogens is 552 g/mol. The first-order chi connectivity index (χ1) is 20.2. The Morgan fingerprint density at radius 1 is 1.21 bits per heavy atom. The largest absolute Gasteiger partial charge is 0.381 e. The number of fused-ring (bicyclic) bond motifs is 1. The first-order valence-corrected chi connectivity index (χ1v) is 16.4. The number of nitrogens with one attached hydrogen (secondary N) is 3. The van der Waals surface area contributed by atoms with E-state index in [0.717, 1.165) is 51.3 Å². The molecule has 5 rings (SSSR count). The quantitative estimate of drug-likeness (QED) is 0.308. The number of likely N-dealkylation sites (N-methyl/N-ethyl adjacent to an activating group) is 1. The second-order valence-corrected chi connectivity index (χ2v) is 13.5. The molecule has 1 amide bonds. The van der Waals surface area contributed by atoms with Crippen molar-refractivity contribution in [2.45, 2.75) is 31.7 Å². The van der Waals surface area contributed by atoms with Gasteiger partial charge in [-0.15, -0.1) is 6.58 Å². The molecular formula is C30H38N8O3S. The zero-order valence-electron chi connectivity index (χ0n) is 24.4. The molecule has 4 heterocycles. The van der Waals surface area contributed by atoms with Crippen LogP contribution < -0.4 is 16.0 Å². The number of pyridine rings is 1. The van der Waals surface area contributed by atoms with Crippen molar-refractivity contribution >= 4 is 44.7 Å². The van der Waals surface area contributed by atoms with Crippen molar-refractivity contribution in [2.24, 2.45) is 4.36 Å². The normalized spacial score (nSPS) is 15.9. The number of aromatic nitrogens is 3. The summed E-state index contributed by atoms with van der Waals surface area (Å²) in [6.45, 7) is 7.44. The molecule has 0 unspecified atom stereocenters. The van der Waals surface area contributed by atoms with Gasteiger partial charge in [0.1, 0.15) is 17.2 Å². The van der Waals surface area contributed by atoms with Crippen LogP contribution >= 0.6 is 0 Å². The van der Waals surface area contributed by atoms with Gasteiger partial charge in [0.25, 0.3) is 5.91 Å². The van der Waals surface area contributed by atoms with E-state index in [1.54, 1.807) is 36.8 Å². The van der Waals surface area contributed by atoms with E-state index in [0.29, 0.717) is 30.0 Å². The fourth-order valence-electron chi connectivity index (χ4n) is 5.30. The van der Waals surface area contributed by atoms with Gasteiger partial charge in [0.15, 0.2) is 5.82 Å². The standard InChI is InChI=1S/C30H38N8O3S/c1-5-12-31-29(39)25-18-32-30(36-28(25)35-26-7-6-8-27(34-26)37-42(3,4)40)33-22-16-21-19-38(2)13-9-23(21)24(17-22)20-10-14-41-15-11-20/h5-8,16-18,20H,1,9-15,19H2,2-4H3,(H,31,39)(H2,32,33,34,35,36). The summed E-state index contributed by atoms with van der Waals surface area (Å²) in [4.78, 5) is 28.9. The molecule has 11 nitrogen and oxygen atoms in total. The average molecular weight is 591 g/mol. The monoisotopic (exact) mass is 590 g/mol. The number of hydrogen-bond acceptors (Lipinski definition) is 10. The lowest BCUT2D eigenvalue weighted by Crippen LogP contribution is -2.28. The van der Waals surface area contributed by atoms with Crippen LogP contribution in [0.4, 0.5) is 29.1 Å². The zero-order chi connectivity index (χ0) is 29.7. The Balaban J connectivity index is 1.49. The summed E-state index contributed by atoms with van der Waals surface area (Å²) in [6.07, 6.45) is 9.23. The summed E-state index contributed by atoms with van der Waals surface area (Å²) in [5, 5.41) is 9.31. The maximum absolute atomic E-state index is 13.0. The van der Waals surface area contributed by atoms with E-state index in [4.69, 9.17) is 4.74 Å². The Morgan fingerprint density at radius 3 is 2.79 bits per heavy atom. The van der Waals surface area contributed by atoms with E-state index < -0.39 is 9.73 Å². The van der Waals surface area contributed by atoms with Gasteiger partial charge in [-0.2, -0.15) is 9.35 Å². The second kappa shape index (κ2) is 13.0. The molecule has 222 valence electrons. The number of ether oxygens (including phenoxy) is 1. The topological polar surface area (TPSA) is 134 Å². The SMILES string of the molecule is C=CCNC(=O)c1cnc(Nc2cc3c(c(C4CCOCC4)c2)CCN(C)C3)nc1Nc1cccc(N=S(C)(C)=O)n1. The van der Waals surface area contributed by atoms with E-state index in [9.17, 15) is 9.00 Å². The van der Waals surface area contributed by atoms with E-state index >= 15 is 0 Å². The van der Waals surface area contributed by atoms with Crippen molar-refractivity contribution in [3.8, 4) is 0 Å². The van der Waals surface area contributed by atoms with Gasteiger partial charge < -0.3 is 25.6 Å². The van der Waals surface area contributed by atoms with E-state index in [1.807, 2.05) is 0 Å². The summed E-state index contributed by atoms with van der Waals surface area (Å²) < 4.78 is 22.0. The van der Waals surface area contributed by atoms with Crippen LogP contribution in [0, 0.1) is 0 Å². The minimum Gasteiger partial charge on any atom is -0.381 e. The molecule has 2 aliphatic heterocycles. The molecule has 1 fully saturated rings. The highest BCUT2D eigenvalue weighted by molar-refractivity contribution is 7.92. The number of carbonyl (C=O) groups excluding carboxylic acids is 1. The number of amides is 1. The molecule has 42 heavy (non-hydrogen) atoms. The van der Waals surface area contributed by atoms with E-state index in [2.05, 4.69) is 65.9 Å². The summed E-state index contributed by atoms with van der Waals surface area (Å²) in [7, 11) is -0.254. The van der Waals surface area contributed by atoms with Gasteiger partial charge in [0.2, 0.25) is 5.95 Å². The van der Waals surface area contributed by atoms with Crippen molar-refractivity contribution in [1.82, 2.24) is 25.2 Å². The average Bonchev–Trinajstić information content (AvgIpc) is 2.95. The van der Waals surface area contributed by atoms with Gasteiger partial charge in [-0.25, -0.2) is 14.2 Å². The minimum atomic E-state index is -2.40. The Kier molecular flexibility index (Phi) is 9.15. The minimum absolute atomic E-state index is 0.247. The van der Waals surface area contributed by atoms with Crippen molar-refractivity contribution in [2.75, 3.05) is 56.5 Å². The van der Waals surface area contributed by atoms with Crippen LogP contribution in [0.3, 0.4) is 0 Å². The molecule has 1 aromatic carbocycles. The molecule has 12 heteroatoms. The van der Waals surface area contributed by atoms with Crippen LogP contribution in [-0.4, -0.2) is 75.8 Å². The van der Waals surface area contributed by atoms with Crippen molar-refractivity contribution in [1.29, 1.82) is 0 Å². The zero-order valence-corrected chi connectivity index (χ0v) is 25.2. The Hall–Kier alpha value is -3.87. The molecule has 0 radical (unpaired) electrons. The van der Waals surface area contributed by atoms with Gasteiger partial charge in [-0.1, -0.05) is 12.1 Å². The van der Waals surface area contributed by atoms with Crippen LogP contribution in [0.2, 0.25) is 0 Å². The Labute approximate surface area is 247 Å². The predicted octanol–water partition coefficient (Wildman–Crippen LogP) is 4.52. The third-order valence-corrected chi connectivity index (χ3v) is 7.84. The summed E-state index contributed by atoms with van der Waals surface area (Å²) in [6, 6.07) is 9.55. The van der Waals surface area contributed by atoms with E-state index in [-0.39, 0.29) is 17.3 Å². The first-order valence-electron chi connectivity index (χ1n) is 14.0. The van der Waals surface area contributed by atoms with Crippen molar-refractivity contribution < 1.29 is 13.7 Å². The molecule has 1 saturated heterocycles. The molecule has 0 bridgehead atoms. The number of nitrogens with zero attached hydrogens (tertiary/aromatic N) is 5. The fraction of sp³-hybridized carbons (Fsp3) is 0.400. The summed E-state index contributed by atoms with van der Waals surface area (Å²) in [5.41, 5.74) is 5.28. The van der Waals surface area contributed by atoms with Crippen molar-refractivity contribution in [3.63, 3.8) is 0 Å². The van der Waals surface area contributed by atoms with Crippen LogP contribution in [0.15, 0.2) is 53.5 Å². The number of anilines is 4. The number of rotatable bonds is 9. The fourth-order valence-corrected chi connectivity index (χ4v) is 5.86. The summed E-state index contributed by atoms with van der Waals surface area (Å²) in [5.74, 6) is 1.44. The highest BCUT2D eigenvalue weighted by Gasteiger charge is 2.25. The third kappa shape index (κ3) is 7.50. The third-order valence-electron chi connectivity index (χ3n) is 7.21. The molecule has 2 aliphatic rings. The Morgan fingerprint density at radius 2 is 2.02 bits per heavy atom. The van der Waals surface area contributed by atoms with Gasteiger partial charge in [0, 0.05) is 67.0 Å². The molecule has 0 atom stereocenters. The van der Waals surface area contributed by atoms with Crippen LogP contribution in [0.25, 0.3) is 0 Å². The smallest absolute Gasteiger partial charge is 0.256 e. The highest BCUT2D eigenvalue weighted by atomic mass is 32.2. The lowest BCUT2D eigenvalue weighted by atomic mass is 9.83. The lowest BCUT2D eigenvalue weighted by molar-refractivity contribution is 0.0850. The maximum atomic E-state index is 13.0. The molecule has 0 aliphatic carbocycles. The number of hydrogen-bond donors (Lipinski definition) is 3. The number of carbonyl (C=O) groups is 1. The van der Waals surface area contributed by atoms with Gasteiger partial charge in [-0.3, -0.25) is 4.79 Å². The predicted molar refractivity (Wildman–Crippen MR) is 167 cm³/mol. The molecule has 2 aromatic heterocycles. The van der Waals surface area contributed by atoms with Gasteiger partial charge in [0.05, 0.1) is 0 Å². The van der Waals surface area contributed by atoms with Crippen LogP contribution in [-0.2, 0) is 27.4 Å². The van der Waals surface area contributed by atoms with E-state index in [1.165, 1.54) is 22.9 Å². The van der Waals surface area contributed by atoms with Crippen LogP contribution in [0.1, 0.15) is 45.8 Å². The highest BCUT2D eigenvalue weighted by Crippen LogP contribution is 2.36. The molecule has 0 saturated carbocycles. The lowest BCUT2D eigenvalue weighted by Gasteiger charge is -2.31. The van der Waals surface area contributed by atoms with Gasteiger partial charge >= 0.3 is 0 Å². The number of benzene rings is 1.